The van der Waals surface area contributed by atoms with E-state index in [2.05, 4.69) is 0 Å². The Labute approximate surface area is 107 Å². The van der Waals surface area contributed by atoms with E-state index < -0.39 is 22.4 Å². The highest BCUT2D eigenvalue weighted by atomic mass is 32.2. The van der Waals surface area contributed by atoms with Crippen molar-refractivity contribution in [3.8, 4) is 6.07 Å². The molecule has 3 nitrogen and oxygen atoms in total. The van der Waals surface area contributed by atoms with E-state index in [9.17, 15) is 13.0 Å². The predicted molar refractivity (Wildman–Crippen MR) is 67.9 cm³/mol. The number of hydrogen-bond acceptors (Lipinski definition) is 3. The van der Waals surface area contributed by atoms with Crippen LogP contribution in [0.25, 0.3) is 0 Å². The van der Waals surface area contributed by atoms with E-state index in [4.69, 9.17) is 5.26 Å². The fourth-order valence-electron chi connectivity index (χ4n) is 1.64. The van der Waals surface area contributed by atoms with Crippen LogP contribution in [0.2, 0.25) is 0 Å². The van der Waals surface area contributed by atoms with Gasteiger partial charge in [0.15, 0.2) is 11.6 Å². The van der Waals surface area contributed by atoms with Gasteiger partial charge in [0.1, 0.15) is 5.69 Å². The van der Waals surface area contributed by atoms with Crippen LogP contribution in [0.1, 0.15) is 12.5 Å². The molecule has 0 amide bonds. The molecule has 0 bridgehead atoms. The van der Waals surface area contributed by atoms with E-state index in [1.165, 1.54) is 18.2 Å². The highest BCUT2D eigenvalue weighted by Crippen LogP contribution is 2.25. The van der Waals surface area contributed by atoms with E-state index in [-0.39, 0.29) is 17.3 Å². The molecule has 6 heteroatoms. The second-order valence-corrected chi connectivity index (χ2v) is 5.58. The average molecular weight is 272 g/mol. The van der Waals surface area contributed by atoms with Crippen molar-refractivity contribution in [3.63, 3.8) is 0 Å². The van der Waals surface area contributed by atoms with Crippen LogP contribution in [0.5, 0.6) is 0 Å². The topological polar surface area (TPSA) is 44.1 Å². The molecule has 0 aromatic heterocycles. The van der Waals surface area contributed by atoms with Gasteiger partial charge in [-0.05, 0) is 19.1 Å². The summed E-state index contributed by atoms with van der Waals surface area (Å²) in [6.45, 7) is 1.73. The molecule has 1 aromatic carbocycles. The molecule has 1 rings (SSSR count). The van der Waals surface area contributed by atoms with Gasteiger partial charge in [-0.15, -0.1) is 0 Å². The van der Waals surface area contributed by atoms with E-state index in [1.807, 2.05) is 0 Å². The van der Waals surface area contributed by atoms with Crippen LogP contribution in [0.4, 0.5) is 14.5 Å². The monoisotopic (exact) mass is 272 g/mol. The third-order valence-corrected chi connectivity index (χ3v) is 3.59. The summed E-state index contributed by atoms with van der Waals surface area (Å²) < 4.78 is 38.6. The summed E-state index contributed by atoms with van der Waals surface area (Å²) in [5.41, 5.74) is -0.263. The molecule has 0 fully saturated rings. The lowest BCUT2D eigenvalue weighted by atomic mass is 10.1. The first-order chi connectivity index (χ1) is 8.36. The molecule has 2 atom stereocenters. The Kier molecular flexibility index (Phi) is 4.79. The lowest BCUT2D eigenvalue weighted by Gasteiger charge is -2.27. The van der Waals surface area contributed by atoms with Gasteiger partial charge in [-0.2, -0.15) is 5.26 Å². The quantitative estimate of drug-likeness (QED) is 0.842. The largest absolute Gasteiger partial charge is 0.366 e. The Morgan fingerprint density at radius 1 is 1.44 bits per heavy atom. The Morgan fingerprint density at radius 2 is 1.94 bits per heavy atom. The standard InChI is InChI=1S/C12H14F2N2OS/c1-8(7-18(3)17)16(2)12-10(13)4-9(6-15)5-11(12)14/h4-5,8H,7H2,1-3H3. The average Bonchev–Trinajstić information content (AvgIpc) is 2.26. The van der Waals surface area contributed by atoms with Crippen molar-refractivity contribution in [1.82, 2.24) is 0 Å². The Balaban J connectivity index is 3.10. The van der Waals surface area contributed by atoms with Gasteiger partial charge in [0.05, 0.1) is 11.6 Å². The summed E-state index contributed by atoms with van der Waals surface area (Å²) in [4.78, 5) is 1.40. The first-order valence-corrected chi connectivity index (χ1v) is 7.01. The van der Waals surface area contributed by atoms with Gasteiger partial charge < -0.3 is 4.90 Å². The van der Waals surface area contributed by atoms with E-state index >= 15 is 0 Å². The molecule has 0 heterocycles. The van der Waals surface area contributed by atoms with Crippen molar-refractivity contribution >= 4 is 16.5 Å². The first-order valence-electron chi connectivity index (χ1n) is 5.28. The zero-order valence-electron chi connectivity index (χ0n) is 10.4. The summed E-state index contributed by atoms with van der Waals surface area (Å²) in [7, 11) is 0.485. The first kappa shape index (κ1) is 14.6. The van der Waals surface area contributed by atoms with Crippen LogP contribution in [0, 0.1) is 23.0 Å². The summed E-state index contributed by atoms with van der Waals surface area (Å²) in [5, 5.41) is 8.61. The van der Waals surface area contributed by atoms with Crippen molar-refractivity contribution in [2.24, 2.45) is 0 Å². The van der Waals surface area contributed by atoms with Crippen molar-refractivity contribution in [2.75, 3.05) is 24.0 Å². The molecule has 0 radical (unpaired) electrons. The molecule has 0 aliphatic carbocycles. The molecule has 2 unspecified atom stereocenters. The minimum Gasteiger partial charge on any atom is -0.366 e. The third-order valence-electron chi connectivity index (χ3n) is 2.64. The third kappa shape index (κ3) is 3.26. The minimum absolute atomic E-state index is 0.0612. The summed E-state index contributed by atoms with van der Waals surface area (Å²) in [5.74, 6) is -1.26. The van der Waals surface area contributed by atoms with Crippen LogP contribution in [-0.2, 0) is 10.8 Å². The normalized spacial score (nSPS) is 13.8. The van der Waals surface area contributed by atoms with Crippen molar-refractivity contribution in [3.05, 3.63) is 29.3 Å². The molecule has 0 saturated heterocycles. The molecule has 18 heavy (non-hydrogen) atoms. The zero-order valence-corrected chi connectivity index (χ0v) is 11.2. The number of nitrogens with zero attached hydrogens (tertiary/aromatic N) is 2. The lowest BCUT2D eigenvalue weighted by molar-refractivity contribution is 0.567. The van der Waals surface area contributed by atoms with E-state index in [1.54, 1.807) is 13.0 Å². The van der Waals surface area contributed by atoms with Gasteiger partial charge in [0, 0.05) is 35.9 Å². The van der Waals surface area contributed by atoms with Crippen LogP contribution in [-0.4, -0.2) is 29.3 Å². The number of hydrogen-bond donors (Lipinski definition) is 0. The fraction of sp³-hybridized carbons (Fsp3) is 0.417. The van der Waals surface area contributed by atoms with Crippen molar-refractivity contribution in [2.45, 2.75) is 13.0 Å². The maximum Gasteiger partial charge on any atom is 0.150 e. The number of anilines is 1. The smallest absolute Gasteiger partial charge is 0.150 e. The highest BCUT2D eigenvalue weighted by molar-refractivity contribution is 7.84. The minimum atomic E-state index is -1.05. The van der Waals surface area contributed by atoms with Crippen LogP contribution >= 0.6 is 0 Å². The molecule has 0 aliphatic heterocycles. The summed E-state index contributed by atoms with van der Waals surface area (Å²) in [6, 6.07) is 3.40. The van der Waals surface area contributed by atoms with Crippen molar-refractivity contribution in [1.29, 1.82) is 5.26 Å². The number of benzene rings is 1. The van der Waals surface area contributed by atoms with Crippen LogP contribution in [0.3, 0.4) is 0 Å². The van der Waals surface area contributed by atoms with Gasteiger partial charge in [0.25, 0.3) is 0 Å². The number of halogens is 2. The maximum absolute atomic E-state index is 13.7. The zero-order chi connectivity index (χ0) is 13.9. The molecule has 0 N–H and O–H groups in total. The van der Waals surface area contributed by atoms with E-state index in [0.29, 0.717) is 5.75 Å². The van der Waals surface area contributed by atoms with Gasteiger partial charge in [-0.1, -0.05) is 0 Å². The van der Waals surface area contributed by atoms with Gasteiger partial charge in [-0.25, -0.2) is 8.78 Å². The fourth-order valence-corrected chi connectivity index (χ4v) is 2.54. The predicted octanol–water partition coefficient (Wildman–Crippen LogP) is 2.04. The van der Waals surface area contributed by atoms with Crippen LogP contribution in [0.15, 0.2) is 12.1 Å². The molecule has 98 valence electrons. The number of rotatable bonds is 4. The highest BCUT2D eigenvalue weighted by Gasteiger charge is 2.20. The van der Waals surface area contributed by atoms with Crippen LogP contribution < -0.4 is 4.90 Å². The molecular weight excluding hydrogens is 258 g/mol. The molecule has 0 aliphatic rings. The van der Waals surface area contributed by atoms with Gasteiger partial charge in [0.2, 0.25) is 0 Å². The lowest BCUT2D eigenvalue weighted by Crippen LogP contribution is -2.34. The maximum atomic E-state index is 13.7. The SMILES string of the molecule is CC(CS(C)=O)N(C)c1c(F)cc(C#N)cc1F. The molecule has 0 saturated carbocycles. The number of nitriles is 1. The second kappa shape index (κ2) is 5.91. The summed E-state index contributed by atoms with van der Waals surface area (Å²) >= 11 is 0. The van der Waals surface area contributed by atoms with E-state index in [0.717, 1.165) is 12.1 Å². The molecule has 1 aromatic rings. The Bertz CT molecular complexity index is 490. The van der Waals surface area contributed by atoms with Crippen molar-refractivity contribution < 1.29 is 13.0 Å². The molecule has 0 spiro atoms. The second-order valence-electron chi connectivity index (χ2n) is 4.10. The Morgan fingerprint density at radius 3 is 2.33 bits per heavy atom. The van der Waals surface area contributed by atoms with Gasteiger partial charge in [-0.3, -0.25) is 4.21 Å². The Hall–Kier alpha value is -1.48. The molecular formula is C12H14F2N2OS. The van der Waals surface area contributed by atoms with Gasteiger partial charge >= 0.3 is 0 Å². The summed E-state index contributed by atoms with van der Waals surface area (Å²) in [6.07, 6.45) is 1.54.